The highest BCUT2D eigenvalue weighted by Gasteiger charge is 2.45. The smallest absolute Gasteiger partial charge is 0.0552 e. The third kappa shape index (κ3) is 3.10. The van der Waals surface area contributed by atoms with E-state index in [2.05, 4.69) is 56.8 Å². The molecule has 1 N–H and O–H groups in total. The van der Waals surface area contributed by atoms with E-state index in [1.807, 2.05) is 36.4 Å². The molecular weight excluding hydrogens is 346 g/mol. The van der Waals surface area contributed by atoms with Crippen LogP contribution in [0.15, 0.2) is 61.2 Å². The van der Waals surface area contributed by atoms with Crippen molar-refractivity contribution < 1.29 is 0 Å². The fraction of sp³-hybridized carbons (Fsp3) is 0.391. The van der Waals surface area contributed by atoms with Gasteiger partial charge in [-0.15, -0.1) is 0 Å². The molecule has 2 aromatic heterocycles. The average Bonchev–Trinajstić information content (AvgIpc) is 3.29. The Morgan fingerprint density at radius 1 is 1.11 bits per heavy atom. The summed E-state index contributed by atoms with van der Waals surface area (Å²) >= 11 is 0. The molecular formula is C23H27N5. The zero-order valence-electron chi connectivity index (χ0n) is 16.4. The molecule has 1 fully saturated rings. The van der Waals surface area contributed by atoms with Gasteiger partial charge in [0.1, 0.15) is 0 Å². The summed E-state index contributed by atoms with van der Waals surface area (Å²) in [7, 11) is 1.97. The predicted molar refractivity (Wildman–Crippen MR) is 111 cm³/mol. The number of nitrogens with zero attached hydrogens (tertiary/aromatic N) is 4. The minimum absolute atomic E-state index is 0.294. The molecule has 3 heterocycles. The number of aryl methyl sites for hydroxylation is 1. The van der Waals surface area contributed by atoms with E-state index in [1.54, 1.807) is 5.56 Å². The van der Waals surface area contributed by atoms with Crippen molar-refractivity contribution in [3.63, 3.8) is 0 Å². The molecule has 5 heteroatoms. The molecule has 1 saturated heterocycles. The van der Waals surface area contributed by atoms with Gasteiger partial charge in [-0.1, -0.05) is 24.3 Å². The lowest BCUT2D eigenvalue weighted by atomic mass is 9.73. The standard InChI is InChI=1S/C23H27N5/c1-27-17-18(15-26-27)14-25-22-13-23(21-7-3-2-6-20(21)22)8-11-28(12-9-23)19-5-4-10-24-16-19/h2-7,10,15-17,22,25H,8-9,11-14H2,1H3. The second kappa shape index (κ2) is 7.06. The monoisotopic (exact) mass is 373 g/mol. The van der Waals surface area contributed by atoms with Gasteiger partial charge in [0.2, 0.25) is 0 Å². The van der Waals surface area contributed by atoms with Crippen LogP contribution in [0.3, 0.4) is 0 Å². The summed E-state index contributed by atoms with van der Waals surface area (Å²) < 4.78 is 1.87. The van der Waals surface area contributed by atoms with E-state index in [-0.39, 0.29) is 0 Å². The minimum Gasteiger partial charge on any atom is -0.370 e. The molecule has 0 saturated carbocycles. The number of anilines is 1. The Kier molecular flexibility index (Phi) is 4.40. The summed E-state index contributed by atoms with van der Waals surface area (Å²) in [5, 5.41) is 8.10. The number of benzene rings is 1. The lowest BCUT2D eigenvalue weighted by Crippen LogP contribution is -2.42. The van der Waals surface area contributed by atoms with Crippen molar-refractivity contribution in [1.29, 1.82) is 0 Å². The van der Waals surface area contributed by atoms with Crippen LogP contribution in [0.1, 0.15) is 42.0 Å². The van der Waals surface area contributed by atoms with Crippen LogP contribution in [0.4, 0.5) is 5.69 Å². The van der Waals surface area contributed by atoms with Crippen molar-refractivity contribution >= 4 is 5.69 Å². The van der Waals surface area contributed by atoms with Crippen LogP contribution < -0.4 is 10.2 Å². The third-order valence-corrected chi connectivity index (χ3v) is 6.54. The first-order chi connectivity index (χ1) is 13.7. The Hall–Kier alpha value is -2.66. The highest BCUT2D eigenvalue weighted by molar-refractivity contribution is 5.48. The zero-order chi connectivity index (χ0) is 19.0. The number of rotatable bonds is 4. The molecule has 5 nitrogen and oxygen atoms in total. The summed E-state index contributed by atoms with van der Waals surface area (Å²) in [5.41, 5.74) is 5.83. The molecule has 5 rings (SSSR count). The number of piperidine rings is 1. The Morgan fingerprint density at radius 2 is 1.96 bits per heavy atom. The topological polar surface area (TPSA) is 46.0 Å². The van der Waals surface area contributed by atoms with Gasteiger partial charge in [0.25, 0.3) is 0 Å². The number of hydrogen-bond donors (Lipinski definition) is 1. The van der Waals surface area contributed by atoms with Crippen LogP contribution in [0.5, 0.6) is 0 Å². The molecule has 2 aliphatic rings. The Bertz CT molecular complexity index is 940. The van der Waals surface area contributed by atoms with Crippen molar-refractivity contribution in [2.24, 2.45) is 7.05 Å². The van der Waals surface area contributed by atoms with Gasteiger partial charge in [-0.25, -0.2) is 0 Å². The van der Waals surface area contributed by atoms with Crippen LogP contribution >= 0.6 is 0 Å². The summed E-state index contributed by atoms with van der Waals surface area (Å²) in [4.78, 5) is 6.78. The molecule has 1 atom stereocenters. The van der Waals surface area contributed by atoms with Gasteiger partial charge in [-0.3, -0.25) is 9.67 Å². The normalized spacial score (nSPS) is 20.5. The highest BCUT2D eigenvalue weighted by atomic mass is 15.2. The molecule has 144 valence electrons. The first-order valence-corrected chi connectivity index (χ1v) is 10.2. The summed E-state index contributed by atoms with van der Waals surface area (Å²) in [6, 6.07) is 13.7. The number of pyridine rings is 1. The molecule has 28 heavy (non-hydrogen) atoms. The predicted octanol–water partition coefficient (Wildman–Crippen LogP) is 3.59. The van der Waals surface area contributed by atoms with Crippen LogP contribution in [0.25, 0.3) is 0 Å². The van der Waals surface area contributed by atoms with Gasteiger partial charge < -0.3 is 10.2 Å². The van der Waals surface area contributed by atoms with Gasteiger partial charge in [0.05, 0.1) is 18.1 Å². The van der Waals surface area contributed by atoms with Gasteiger partial charge in [-0.05, 0) is 42.5 Å². The van der Waals surface area contributed by atoms with E-state index < -0.39 is 0 Å². The maximum absolute atomic E-state index is 4.29. The first-order valence-electron chi connectivity index (χ1n) is 10.2. The zero-order valence-corrected chi connectivity index (χ0v) is 16.4. The van der Waals surface area contributed by atoms with E-state index in [0.29, 0.717) is 11.5 Å². The van der Waals surface area contributed by atoms with Crippen LogP contribution in [0.2, 0.25) is 0 Å². The Labute approximate surface area is 166 Å². The van der Waals surface area contributed by atoms with Crippen molar-refractivity contribution in [3.05, 3.63) is 77.9 Å². The van der Waals surface area contributed by atoms with E-state index in [1.165, 1.54) is 36.1 Å². The second-order valence-electron chi connectivity index (χ2n) is 8.23. The van der Waals surface area contributed by atoms with Gasteiger partial charge in [-0.2, -0.15) is 5.10 Å². The molecule has 0 amide bonds. The Morgan fingerprint density at radius 3 is 2.71 bits per heavy atom. The van der Waals surface area contributed by atoms with Crippen molar-refractivity contribution in [1.82, 2.24) is 20.1 Å². The largest absolute Gasteiger partial charge is 0.370 e. The first kappa shape index (κ1) is 17.4. The molecule has 1 aliphatic heterocycles. The maximum atomic E-state index is 4.29. The van der Waals surface area contributed by atoms with Crippen molar-refractivity contribution in [2.45, 2.75) is 37.3 Å². The van der Waals surface area contributed by atoms with Gasteiger partial charge >= 0.3 is 0 Å². The maximum Gasteiger partial charge on any atom is 0.0552 e. The minimum atomic E-state index is 0.294. The summed E-state index contributed by atoms with van der Waals surface area (Å²) in [6.07, 6.45) is 11.5. The average molecular weight is 374 g/mol. The van der Waals surface area contributed by atoms with Gasteiger partial charge in [0.15, 0.2) is 0 Å². The van der Waals surface area contributed by atoms with E-state index >= 15 is 0 Å². The van der Waals surface area contributed by atoms with E-state index in [4.69, 9.17) is 0 Å². The lowest BCUT2D eigenvalue weighted by Gasteiger charge is -2.41. The lowest BCUT2D eigenvalue weighted by molar-refractivity contribution is 0.301. The molecule has 0 bridgehead atoms. The van der Waals surface area contributed by atoms with Crippen LogP contribution in [-0.2, 0) is 19.0 Å². The number of fused-ring (bicyclic) bond motifs is 2. The number of aromatic nitrogens is 3. The Balaban J connectivity index is 1.33. The van der Waals surface area contributed by atoms with E-state index in [0.717, 1.165) is 19.6 Å². The van der Waals surface area contributed by atoms with Crippen LogP contribution in [0, 0.1) is 0 Å². The highest BCUT2D eigenvalue weighted by Crippen LogP contribution is 2.51. The SMILES string of the molecule is Cn1cc(CNC2CC3(CCN(c4cccnc4)CC3)c3ccccc32)cn1. The number of nitrogens with one attached hydrogen (secondary N) is 1. The molecule has 3 aromatic rings. The summed E-state index contributed by atoms with van der Waals surface area (Å²) in [6.45, 7) is 3.05. The fourth-order valence-electron chi connectivity index (χ4n) is 5.09. The molecule has 1 aliphatic carbocycles. The quantitative estimate of drug-likeness (QED) is 0.759. The molecule has 1 aromatic carbocycles. The third-order valence-electron chi connectivity index (χ3n) is 6.54. The molecule has 1 spiro atoms. The molecule has 0 radical (unpaired) electrons. The van der Waals surface area contributed by atoms with Gasteiger partial charge in [0, 0.05) is 56.1 Å². The van der Waals surface area contributed by atoms with E-state index in [9.17, 15) is 0 Å². The van der Waals surface area contributed by atoms with Crippen molar-refractivity contribution in [2.75, 3.05) is 18.0 Å². The summed E-state index contributed by atoms with van der Waals surface area (Å²) in [5.74, 6) is 0. The van der Waals surface area contributed by atoms with Crippen LogP contribution in [-0.4, -0.2) is 27.9 Å². The van der Waals surface area contributed by atoms with Crippen molar-refractivity contribution in [3.8, 4) is 0 Å². The fourth-order valence-corrected chi connectivity index (χ4v) is 5.09. The molecule has 1 unspecified atom stereocenters. The second-order valence-corrected chi connectivity index (χ2v) is 8.23. The number of hydrogen-bond acceptors (Lipinski definition) is 4.